The van der Waals surface area contributed by atoms with Crippen LogP contribution in [0.1, 0.15) is 76.0 Å². The van der Waals surface area contributed by atoms with Crippen LogP contribution < -0.4 is 5.32 Å². The smallest absolute Gasteiger partial charge is 0.410 e. The minimum Gasteiger partial charge on any atom is -0.456 e. The van der Waals surface area contributed by atoms with Gasteiger partial charge < -0.3 is 19.7 Å². The molecule has 2 atom stereocenters. The Morgan fingerprint density at radius 1 is 1.00 bits per heavy atom. The number of piperazine rings is 1. The number of esters is 1. The lowest BCUT2D eigenvalue weighted by Crippen LogP contribution is -2.55. The Labute approximate surface area is 226 Å². The van der Waals surface area contributed by atoms with Crippen LogP contribution in [-0.2, 0) is 9.47 Å². The molecular weight excluding hydrogens is 485 g/mol. The Bertz CT molecular complexity index is 1120. The monoisotopic (exact) mass is 527 g/mol. The Kier molecular flexibility index (Phi) is 9.08. The molecule has 0 bridgehead atoms. The van der Waals surface area contributed by atoms with Crippen molar-refractivity contribution < 1.29 is 23.5 Å². The Hall–Kier alpha value is -3.13. The van der Waals surface area contributed by atoms with Gasteiger partial charge in [0.2, 0.25) is 0 Å². The number of hydrogen-bond acceptors (Lipinski definition) is 6. The van der Waals surface area contributed by atoms with E-state index in [4.69, 9.17) is 9.47 Å². The first-order chi connectivity index (χ1) is 17.6. The van der Waals surface area contributed by atoms with E-state index in [0.29, 0.717) is 37.3 Å². The predicted molar refractivity (Wildman–Crippen MR) is 148 cm³/mol. The first-order valence-corrected chi connectivity index (χ1v) is 13.2. The molecule has 7 nitrogen and oxygen atoms in total. The number of amides is 1. The van der Waals surface area contributed by atoms with Crippen molar-refractivity contribution in [3.63, 3.8) is 0 Å². The maximum atomic E-state index is 14.5. The Morgan fingerprint density at radius 3 is 2.18 bits per heavy atom. The standard InChI is InChI=1S/C30H42FN3O4/c1-20-9-10-23(17-25(20)31)26(32-24-13-11-22(12-14-24)27(35)37-29(3,4)5)19-33-15-16-34(21(2)18-33)28(36)38-30(6,7)8/h9-14,17,21,26,32H,15-16,18-19H2,1-8H3/t21-,26?/m1/s1. The highest BCUT2D eigenvalue weighted by Crippen LogP contribution is 2.25. The number of carbonyl (C=O) groups is 2. The molecule has 1 heterocycles. The molecule has 1 aliphatic heterocycles. The van der Waals surface area contributed by atoms with E-state index in [0.717, 1.165) is 11.3 Å². The van der Waals surface area contributed by atoms with E-state index in [1.165, 1.54) is 0 Å². The molecule has 3 rings (SSSR count). The molecular formula is C30H42FN3O4. The molecule has 1 saturated heterocycles. The average molecular weight is 528 g/mol. The van der Waals surface area contributed by atoms with Crippen molar-refractivity contribution in [1.29, 1.82) is 0 Å². The zero-order chi connectivity index (χ0) is 28.3. The summed E-state index contributed by atoms with van der Waals surface area (Å²) in [6, 6.07) is 12.2. The number of nitrogens with zero attached hydrogens (tertiary/aromatic N) is 2. The molecule has 1 aliphatic rings. The van der Waals surface area contributed by atoms with E-state index in [1.54, 1.807) is 36.1 Å². The minimum atomic E-state index is -0.570. The Morgan fingerprint density at radius 2 is 1.63 bits per heavy atom. The van der Waals surface area contributed by atoms with Gasteiger partial charge in [0.1, 0.15) is 17.0 Å². The predicted octanol–water partition coefficient (Wildman–Crippen LogP) is 6.18. The van der Waals surface area contributed by atoms with Gasteiger partial charge in [-0.25, -0.2) is 14.0 Å². The molecule has 1 fully saturated rings. The van der Waals surface area contributed by atoms with E-state index in [2.05, 4.69) is 10.2 Å². The third-order valence-corrected chi connectivity index (χ3v) is 6.24. The van der Waals surface area contributed by atoms with Crippen LogP contribution in [0, 0.1) is 12.7 Å². The molecule has 0 aromatic heterocycles. The van der Waals surface area contributed by atoms with Crippen LogP contribution in [0.3, 0.4) is 0 Å². The highest BCUT2D eigenvalue weighted by molar-refractivity contribution is 5.90. The van der Waals surface area contributed by atoms with Crippen molar-refractivity contribution in [3.8, 4) is 0 Å². The normalized spacial score (nSPS) is 17.6. The Balaban J connectivity index is 1.74. The van der Waals surface area contributed by atoms with Crippen molar-refractivity contribution in [3.05, 3.63) is 65.0 Å². The number of rotatable bonds is 6. The molecule has 2 aromatic rings. The number of aryl methyl sites for hydroxylation is 1. The van der Waals surface area contributed by atoms with E-state index in [9.17, 15) is 14.0 Å². The summed E-state index contributed by atoms with van der Waals surface area (Å²) in [5, 5.41) is 3.52. The van der Waals surface area contributed by atoms with Crippen molar-refractivity contribution in [2.24, 2.45) is 0 Å². The highest BCUT2D eigenvalue weighted by atomic mass is 19.1. The number of benzene rings is 2. The molecule has 1 amide bonds. The van der Waals surface area contributed by atoms with Crippen LogP contribution in [0.2, 0.25) is 0 Å². The van der Waals surface area contributed by atoms with Gasteiger partial charge in [-0.15, -0.1) is 0 Å². The van der Waals surface area contributed by atoms with Crippen LogP contribution in [0.15, 0.2) is 42.5 Å². The second-order valence-corrected chi connectivity index (χ2v) is 12.1. The van der Waals surface area contributed by atoms with Gasteiger partial charge in [-0.05, 0) is 96.8 Å². The maximum absolute atomic E-state index is 14.5. The third-order valence-electron chi connectivity index (χ3n) is 6.24. The zero-order valence-corrected chi connectivity index (χ0v) is 23.9. The van der Waals surface area contributed by atoms with Crippen LogP contribution in [0.25, 0.3) is 0 Å². The third kappa shape index (κ3) is 8.45. The van der Waals surface area contributed by atoms with Crippen molar-refractivity contribution >= 4 is 17.7 Å². The van der Waals surface area contributed by atoms with Gasteiger partial charge in [0, 0.05) is 37.9 Å². The second-order valence-electron chi connectivity index (χ2n) is 12.1. The molecule has 1 unspecified atom stereocenters. The second kappa shape index (κ2) is 11.7. The molecule has 0 aliphatic carbocycles. The summed E-state index contributed by atoms with van der Waals surface area (Å²) in [5.41, 5.74) is 1.58. The van der Waals surface area contributed by atoms with E-state index in [-0.39, 0.29) is 30.0 Å². The largest absolute Gasteiger partial charge is 0.456 e. The highest BCUT2D eigenvalue weighted by Gasteiger charge is 2.32. The van der Waals surface area contributed by atoms with Crippen LogP contribution >= 0.6 is 0 Å². The average Bonchev–Trinajstić information content (AvgIpc) is 2.78. The summed E-state index contributed by atoms with van der Waals surface area (Å²) >= 11 is 0. The topological polar surface area (TPSA) is 71.1 Å². The first-order valence-electron chi connectivity index (χ1n) is 13.2. The number of anilines is 1. The van der Waals surface area contributed by atoms with E-state index < -0.39 is 11.2 Å². The van der Waals surface area contributed by atoms with Gasteiger partial charge in [0.15, 0.2) is 0 Å². The summed E-state index contributed by atoms with van der Waals surface area (Å²) in [5.74, 6) is -0.629. The van der Waals surface area contributed by atoms with Gasteiger partial charge in [-0.2, -0.15) is 0 Å². The minimum absolute atomic E-state index is 0.0258. The number of nitrogens with one attached hydrogen (secondary N) is 1. The van der Waals surface area contributed by atoms with Gasteiger partial charge in [0.05, 0.1) is 11.6 Å². The molecule has 1 N–H and O–H groups in total. The van der Waals surface area contributed by atoms with Crippen molar-refractivity contribution in [2.75, 3.05) is 31.5 Å². The van der Waals surface area contributed by atoms with Crippen molar-refractivity contribution in [1.82, 2.24) is 9.80 Å². The first kappa shape index (κ1) is 29.4. The SMILES string of the molecule is Cc1ccc(C(CN2CCN(C(=O)OC(C)(C)C)[C@H](C)C2)Nc2ccc(C(=O)OC(C)(C)C)cc2)cc1F. The molecule has 0 spiro atoms. The fourth-order valence-electron chi connectivity index (χ4n) is 4.35. The van der Waals surface area contributed by atoms with Crippen molar-refractivity contribution in [2.45, 2.75) is 78.7 Å². The quantitative estimate of drug-likeness (QED) is 0.452. The van der Waals surface area contributed by atoms with Gasteiger partial charge in [-0.1, -0.05) is 12.1 Å². The molecule has 0 saturated carbocycles. The summed E-state index contributed by atoms with van der Waals surface area (Å²) < 4.78 is 25.5. The molecule has 0 radical (unpaired) electrons. The zero-order valence-electron chi connectivity index (χ0n) is 23.9. The lowest BCUT2D eigenvalue weighted by molar-refractivity contribution is 0.000906. The summed E-state index contributed by atoms with van der Waals surface area (Å²) in [6.07, 6.45) is -0.301. The van der Waals surface area contributed by atoms with Gasteiger partial charge >= 0.3 is 12.1 Å². The molecule has 208 valence electrons. The van der Waals surface area contributed by atoms with E-state index in [1.807, 2.05) is 66.7 Å². The number of hydrogen-bond donors (Lipinski definition) is 1. The summed E-state index contributed by atoms with van der Waals surface area (Å²) in [7, 11) is 0. The lowest BCUT2D eigenvalue weighted by Gasteiger charge is -2.41. The summed E-state index contributed by atoms with van der Waals surface area (Å²) in [4.78, 5) is 29.1. The van der Waals surface area contributed by atoms with Crippen LogP contribution in [-0.4, -0.2) is 65.3 Å². The summed E-state index contributed by atoms with van der Waals surface area (Å²) in [6.45, 7) is 17.4. The van der Waals surface area contributed by atoms with E-state index >= 15 is 0 Å². The lowest BCUT2D eigenvalue weighted by atomic mass is 10.0. The fraction of sp³-hybridized carbons (Fsp3) is 0.533. The number of carbonyl (C=O) groups excluding carboxylic acids is 2. The van der Waals surface area contributed by atoms with Gasteiger partial charge in [0.25, 0.3) is 0 Å². The number of halogens is 1. The number of ether oxygens (including phenoxy) is 2. The van der Waals surface area contributed by atoms with Gasteiger partial charge in [-0.3, -0.25) is 4.90 Å². The van der Waals surface area contributed by atoms with Crippen LogP contribution in [0.4, 0.5) is 14.9 Å². The molecule has 2 aromatic carbocycles. The fourth-order valence-corrected chi connectivity index (χ4v) is 4.35. The molecule has 38 heavy (non-hydrogen) atoms. The van der Waals surface area contributed by atoms with Crippen LogP contribution in [0.5, 0.6) is 0 Å². The maximum Gasteiger partial charge on any atom is 0.410 e. The molecule has 8 heteroatoms.